The van der Waals surface area contributed by atoms with E-state index >= 15 is 0 Å². The molecule has 1 aromatic heterocycles. The van der Waals surface area contributed by atoms with Crippen LogP contribution in [0.1, 0.15) is 0 Å². The molecule has 0 saturated carbocycles. The summed E-state index contributed by atoms with van der Waals surface area (Å²) in [5.74, 6) is 0. The van der Waals surface area contributed by atoms with E-state index in [9.17, 15) is 0 Å². The summed E-state index contributed by atoms with van der Waals surface area (Å²) in [6, 6.07) is 97.6. The van der Waals surface area contributed by atoms with Gasteiger partial charge in [0.05, 0.1) is 5.69 Å². The molecule has 1 aliphatic rings. The molecule has 11 aromatic carbocycles. The summed E-state index contributed by atoms with van der Waals surface area (Å²) in [5, 5.41) is 10.1. The zero-order valence-electron chi connectivity index (χ0n) is 37.2. The summed E-state index contributed by atoms with van der Waals surface area (Å²) < 4.78 is 6.71. The number of fused-ring (bicyclic) bond motifs is 6. The van der Waals surface area contributed by atoms with Gasteiger partial charge in [-0.15, -0.1) is 0 Å². The number of para-hydroxylation sites is 4. The lowest BCUT2D eigenvalue weighted by molar-refractivity contribution is 0.669. The third kappa shape index (κ3) is 6.34. The van der Waals surface area contributed by atoms with Gasteiger partial charge in [0.15, 0.2) is 13.7 Å². The number of furan rings is 1. The molecule has 1 aliphatic heterocycles. The van der Waals surface area contributed by atoms with Crippen LogP contribution >= 0.6 is 0 Å². The third-order valence-electron chi connectivity index (χ3n) is 13.9. The zero-order chi connectivity index (χ0) is 45.0. The highest BCUT2D eigenvalue weighted by Crippen LogP contribution is 2.44. The fourth-order valence-corrected chi connectivity index (χ4v) is 16.0. The number of rotatable bonds is 8. The first kappa shape index (κ1) is 39.6. The van der Waals surface area contributed by atoms with Crippen molar-refractivity contribution in [1.29, 1.82) is 0 Å². The number of anilines is 6. The Bertz CT molecular complexity index is 3750. The van der Waals surface area contributed by atoms with Gasteiger partial charge in [0.25, 0.3) is 0 Å². The van der Waals surface area contributed by atoms with Crippen molar-refractivity contribution in [3.05, 3.63) is 267 Å². The van der Waals surface area contributed by atoms with Crippen LogP contribution in [0.5, 0.6) is 0 Å². The Kier molecular flexibility index (Phi) is 9.51. The first-order valence-electron chi connectivity index (χ1n) is 23.3. The molecule has 4 heteroatoms. The Balaban J connectivity index is 0.978. The molecule has 0 radical (unpaired) electrons. The Hall–Kier alpha value is -8.70. The largest absolute Gasteiger partial charge is 0.454 e. The molecule has 0 spiro atoms. The van der Waals surface area contributed by atoms with Crippen LogP contribution in [0.3, 0.4) is 0 Å². The second-order valence-corrected chi connectivity index (χ2v) is 21.3. The Labute approximate surface area is 397 Å². The van der Waals surface area contributed by atoms with Crippen molar-refractivity contribution >= 4 is 95.7 Å². The highest BCUT2D eigenvalue weighted by molar-refractivity contribution is 7.21. The van der Waals surface area contributed by atoms with Gasteiger partial charge in [0.1, 0.15) is 5.58 Å². The average Bonchev–Trinajstić information content (AvgIpc) is 3.81. The quantitative estimate of drug-likeness (QED) is 0.142. The maximum absolute atomic E-state index is 6.71. The Morgan fingerprint density at radius 3 is 1.65 bits per heavy atom. The van der Waals surface area contributed by atoms with E-state index in [0.29, 0.717) is 0 Å². The van der Waals surface area contributed by atoms with Gasteiger partial charge >= 0.3 is 0 Å². The molecular formula is C64H44N2OSi. The second kappa shape index (κ2) is 16.3. The third-order valence-corrected chi connectivity index (χ3v) is 18.8. The summed E-state index contributed by atoms with van der Waals surface area (Å²) in [7, 11) is -2.88. The van der Waals surface area contributed by atoms with E-state index < -0.39 is 8.07 Å². The van der Waals surface area contributed by atoms with Crippen LogP contribution < -0.4 is 30.5 Å². The van der Waals surface area contributed by atoms with Gasteiger partial charge in [-0.25, -0.2) is 0 Å². The minimum Gasteiger partial charge on any atom is -0.454 e. The van der Waals surface area contributed by atoms with Crippen LogP contribution in [0.2, 0.25) is 0 Å². The van der Waals surface area contributed by atoms with E-state index in [4.69, 9.17) is 4.42 Å². The van der Waals surface area contributed by atoms with Gasteiger partial charge in [-0.05, 0) is 114 Å². The molecule has 68 heavy (non-hydrogen) atoms. The monoisotopic (exact) mass is 884 g/mol. The summed E-state index contributed by atoms with van der Waals surface area (Å²) in [6.45, 7) is 0. The zero-order valence-corrected chi connectivity index (χ0v) is 38.2. The lowest BCUT2D eigenvalue weighted by Gasteiger charge is -2.45. The normalized spacial score (nSPS) is 12.8. The van der Waals surface area contributed by atoms with Gasteiger partial charge < -0.3 is 14.2 Å². The molecule has 0 saturated heterocycles. The first-order valence-corrected chi connectivity index (χ1v) is 25.3. The van der Waals surface area contributed by atoms with Gasteiger partial charge in [-0.1, -0.05) is 206 Å². The lowest BCUT2D eigenvalue weighted by Crippen LogP contribution is -2.77. The van der Waals surface area contributed by atoms with Crippen LogP contribution in [0.15, 0.2) is 271 Å². The molecule has 2 heterocycles. The fraction of sp³-hybridized carbons (Fsp3) is 0. The fourth-order valence-electron chi connectivity index (χ4n) is 10.9. The van der Waals surface area contributed by atoms with Crippen LogP contribution in [0.25, 0.3) is 55.0 Å². The molecule has 0 aliphatic carbocycles. The van der Waals surface area contributed by atoms with E-state index in [1.54, 1.807) is 0 Å². The van der Waals surface area contributed by atoms with Crippen LogP contribution in [-0.2, 0) is 0 Å². The van der Waals surface area contributed by atoms with Gasteiger partial charge in [-0.3, -0.25) is 0 Å². The minimum atomic E-state index is -2.88. The van der Waals surface area contributed by atoms with E-state index in [0.717, 1.165) is 50.3 Å². The van der Waals surface area contributed by atoms with Crippen molar-refractivity contribution in [3.63, 3.8) is 0 Å². The Morgan fingerprint density at radius 2 is 0.912 bits per heavy atom. The smallest absolute Gasteiger partial charge is 0.184 e. The predicted octanol–water partition coefficient (Wildman–Crippen LogP) is 14.7. The van der Waals surface area contributed by atoms with Crippen molar-refractivity contribution in [1.82, 2.24) is 0 Å². The molecule has 0 bridgehead atoms. The Morgan fingerprint density at radius 1 is 0.368 bits per heavy atom. The number of benzene rings is 11. The maximum atomic E-state index is 6.71. The van der Waals surface area contributed by atoms with Crippen LogP contribution in [0.4, 0.5) is 34.1 Å². The van der Waals surface area contributed by atoms with E-state index in [2.05, 4.69) is 271 Å². The van der Waals surface area contributed by atoms with Crippen molar-refractivity contribution in [3.8, 4) is 22.3 Å². The van der Waals surface area contributed by atoms with Gasteiger partial charge in [0, 0.05) is 39.2 Å². The number of nitrogens with zero attached hydrogens (tertiary/aromatic N) is 2. The summed E-state index contributed by atoms with van der Waals surface area (Å²) in [4.78, 5) is 4.81. The van der Waals surface area contributed by atoms with E-state index in [1.807, 2.05) is 6.07 Å². The van der Waals surface area contributed by atoms with Gasteiger partial charge in [-0.2, -0.15) is 0 Å². The minimum absolute atomic E-state index is 0.858. The molecule has 13 rings (SSSR count). The topological polar surface area (TPSA) is 19.6 Å². The maximum Gasteiger partial charge on any atom is 0.184 e. The molecule has 0 atom stereocenters. The lowest BCUT2D eigenvalue weighted by atomic mass is 9.98. The molecule has 3 nitrogen and oxygen atoms in total. The van der Waals surface area contributed by atoms with E-state index in [1.165, 1.54) is 59.6 Å². The average molecular weight is 885 g/mol. The van der Waals surface area contributed by atoms with Crippen molar-refractivity contribution in [2.75, 3.05) is 9.80 Å². The molecule has 12 aromatic rings. The molecular weight excluding hydrogens is 841 g/mol. The predicted molar refractivity (Wildman–Crippen MR) is 289 cm³/mol. The number of hydrogen-bond acceptors (Lipinski definition) is 3. The van der Waals surface area contributed by atoms with Crippen molar-refractivity contribution in [2.24, 2.45) is 0 Å². The second-order valence-electron chi connectivity index (χ2n) is 17.6. The molecule has 0 N–H and O–H groups in total. The summed E-state index contributed by atoms with van der Waals surface area (Å²) >= 11 is 0. The van der Waals surface area contributed by atoms with Crippen molar-refractivity contribution < 1.29 is 4.42 Å². The highest BCUT2D eigenvalue weighted by Gasteiger charge is 2.49. The van der Waals surface area contributed by atoms with Crippen LogP contribution in [-0.4, -0.2) is 8.07 Å². The standard InChI is InChI=1S/C64H44N2OSi/c1-4-20-49(21-5-1)66-58-30-13-15-33-62(58)68(52-22-6-2-7-23-52,53-24-8-3-9-25-53)63-44-48(38-43-59(63)66)45-34-39-50(40-35-45)65(60-31-17-29-57-56-27-12-14-32-61(56)67-64(57)60)51-41-36-47(37-42-51)55-28-16-19-46-18-10-11-26-54(46)55/h1-44H. The highest BCUT2D eigenvalue weighted by atomic mass is 28.3. The van der Waals surface area contributed by atoms with E-state index in [-0.39, 0.29) is 0 Å². The SMILES string of the molecule is c1ccc(N2c3ccccc3[Si](c3ccccc3)(c3ccccc3)c3cc(-c4ccc(N(c5ccc(-c6cccc7ccccc67)cc5)c5cccc6c5oc5ccccc56)cc4)ccc32)cc1. The molecule has 0 unspecified atom stereocenters. The molecule has 0 fully saturated rings. The van der Waals surface area contributed by atoms with Crippen molar-refractivity contribution in [2.45, 2.75) is 0 Å². The summed E-state index contributed by atoms with van der Waals surface area (Å²) in [5.41, 5.74) is 13.1. The summed E-state index contributed by atoms with van der Waals surface area (Å²) in [6.07, 6.45) is 0. The molecule has 320 valence electrons. The number of hydrogen-bond donors (Lipinski definition) is 0. The molecule has 0 amide bonds. The van der Waals surface area contributed by atoms with Gasteiger partial charge in [0.2, 0.25) is 0 Å². The first-order chi connectivity index (χ1) is 33.7. The van der Waals surface area contributed by atoms with Crippen LogP contribution in [0, 0.1) is 0 Å².